The second kappa shape index (κ2) is 7.03. The average molecular weight is 421 g/mol. The van der Waals surface area contributed by atoms with E-state index < -0.39 is 17.5 Å². The molecule has 150 valence electrons. The van der Waals surface area contributed by atoms with Gasteiger partial charge in [0.05, 0.1) is 26.3 Å². The number of nitrogens with zero attached hydrogens (tertiary/aromatic N) is 2. The first-order valence-corrected chi connectivity index (χ1v) is 9.38. The Morgan fingerprint density at radius 2 is 2.03 bits per heavy atom. The quantitative estimate of drug-likeness (QED) is 0.532. The van der Waals surface area contributed by atoms with Crippen LogP contribution >= 0.6 is 11.3 Å². The van der Waals surface area contributed by atoms with Crippen LogP contribution in [0.2, 0.25) is 0 Å². The highest BCUT2D eigenvalue weighted by molar-refractivity contribution is 7.18. The standard InChI is InChI=1S/C19H14F3N3O3S/c1-25-13-9-11(3-4-14(13)28-18(25)27)23-16(26)6-7-17-24-12-8-10(19(20,21)22)2-5-15(12)29-17/h2-5,8-9H,6-7H2,1H3,(H,23,26). The molecule has 4 rings (SSSR count). The Morgan fingerprint density at radius 3 is 2.79 bits per heavy atom. The maximum Gasteiger partial charge on any atom is 0.419 e. The van der Waals surface area contributed by atoms with Gasteiger partial charge in [-0.25, -0.2) is 9.78 Å². The lowest BCUT2D eigenvalue weighted by Gasteiger charge is -2.05. The molecule has 10 heteroatoms. The Labute approximate surface area is 165 Å². The Bertz CT molecular complexity index is 1290. The molecule has 0 bridgehead atoms. The highest BCUT2D eigenvalue weighted by atomic mass is 32.1. The number of rotatable bonds is 4. The zero-order valence-electron chi connectivity index (χ0n) is 15.0. The Morgan fingerprint density at radius 1 is 1.24 bits per heavy atom. The van der Waals surface area contributed by atoms with Crippen molar-refractivity contribution in [2.45, 2.75) is 19.0 Å². The van der Waals surface area contributed by atoms with Crippen LogP contribution in [0.4, 0.5) is 18.9 Å². The van der Waals surface area contributed by atoms with Gasteiger partial charge in [0.2, 0.25) is 5.91 Å². The molecule has 2 aromatic carbocycles. The number of nitrogens with one attached hydrogen (secondary N) is 1. The van der Waals surface area contributed by atoms with E-state index in [0.717, 1.165) is 12.1 Å². The van der Waals surface area contributed by atoms with Crippen molar-refractivity contribution in [1.82, 2.24) is 9.55 Å². The highest BCUT2D eigenvalue weighted by Crippen LogP contribution is 2.33. The minimum atomic E-state index is -4.42. The van der Waals surface area contributed by atoms with E-state index in [4.69, 9.17) is 4.42 Å². The minimum Gasteiger partial charge on any atom is -0.408 e. The zero-order chi connectivity index (χ0) is 20.8. The smallest absolute Gasteiger partial charge is 0.408 e. The number of amides is 1. The number of benzene rings is 2. The lowest BCUT2D eigenvalue weighted by Crippen LogP contribution is -2.12. The number of hydrogen-bond donors (Lipinski definition) is 1. The van der Waals surface area contributed by atoms with Gasteiger partial charge in [-0.1, -0.05) is 0 Å². The third-order valence-electron chi connectivity index (χ3n) is 4.40. The van der Waals surface area contributed by atoms with Gasteiger partial charge >= 0.3 is 11.9 Å². The Hall–Kier alpha value is -3.14. The van der Waals surface area contributed by atoms with Crippen molar-refractivity contribution in [1.29, 1.82) is 0 Å². The van der Waals surface area contributed by atoms with Crippen LogP contribution in [-0.2, 0) is 24.4 Å². The van der Waals surface area contributed by atoms with Crippen LogP contribution in [0.15, 0.2) is 45.6 Å². The number of carbonyl (C=O) groups is 1. The van der Waals surface area contributed by atoms with Crippen molar-refractivity contribution < 1.29 is 22.4 Å². The van der Waals surface area contributed by atoms with Crippen molar-refractivity contribution in [3.05, 3.63) is 57.5 Å². The summed E-state index contributed by atoms with van der Waals surface area (Å²) in [6, 6.07) is 8.28. The first-order valence-electron chi connectivity index (χ1n) is 8.57. The van der Waals surface area contributed by atoms with Gasteiger partial charge in [-0.05, 0) is 36.4 Å². The summed E-state index contributed by atoms with van der Waals surface area (Å²) < 4.78 is 45.4. The number of oxazole rings is 1. The number of alkyl halides is 3. The number of halogens is 3. The first kappa shape index (κ1) is 19.2. The van der Waals surface area contributed by atoms with E-state index in [2.05, 4.69) is 10.3 Å². The third kappa shape index (κ3) is 3.88. The van der Waals surface area contributed by atoms with E-state index in [1.54, 1.807) is 25.2 Å². The van der Waals surface area contributed by atoms with Gasteiger partial charge in [0, 0.05) is 25.6 Å². The lowest BCUT2D eigenvalue weighted by atomic mass is 10.2. The molecule has 0 fully saturated rings. The van der Waals surface area contributed by atoms with E-state index in [0.29, 0.717) is 32.9 Å². The molecule has 1 amide bonds. The summed E-state index contributed by atoms with van der Waals surface area (Å²) in [7, 11) is 1.57. The fraction of sp³-hybridized carbons (Fsp3) is 0.211. The molecule has 0 saturated heterocycles. The summed E-state index contributed by atoms with van der Waals surface area (Å²) in [6.45, 7) is 0. The predicted octanol–water partition coefficient (Wildman–Crippen LogP) is 4.33. The van der Waals surface area contributed by atoms with Gasteiger partial charge in [0.25, 0.3) is 0 Å². The van der Waals surface area contributed by atoms with Gasteiger partial charge in [-0.15, -0.1) is 11.3 Å². The van der Waals surface area contributed by atoms with E-state index in [9.17, 15) is 22.8 Å². The zero-order valence-corrected chi connectivity index (χ0v) is 15.9. The summed E-state index contributed by atoms with van der Waals surface area (Å²) in [5.74, 6) is -0.763. The SMILES string of the molecule is Cn1c(=O)oc2ccc(NC(=O)CCc3nc4cc(C(F)(F)F)ccc4s3)cc21. The number of aryl methyl sites for hydroxylation is 2. The molecule has 0 atom stereocenters. The van der Waals surface area contributed by atoms with Crippen molar-refractivity contribution in [3.63, 3.8) is 0 Å². The predicted molar refractivity (Wildman–Crippen MR) is 103 cm³/mol. The largest absolute Gasteiger partial charge is 0.419 e. The number of fused-ring (bicyclic) bond motifs is 2. The number of anilines is 1. The maximum atomic E-state index is 12.8. The molecule has 0 spiro atoms. The van der Waals surface area contributed by atoms with Gasteiger partial charge in [-0.3, -0.25) is 9.36 Å². The fourth-order valence-corrected chi connectivity index (χ4v) is 3.85. The molecule has 0 aliphatic heterocycles. The van der Waals surface area contributed by atoms with Crippen LogP contribution in [0.5, 0.6) is 0 Å². The molecule has 29 heavy (non-hydrogen) atoms. The molecule has 0 radical (unpaired) electrons. The molecule has 2 aromatic heterocycles. The van der Waals surface area contributed by atoms with Crippen LogP contribution in [0.1, 0.15) is 17.0 Å². The Kier molecular flexibility index (Phi) is 4.65. The van der Waals surface area contributed by atoms with E-state index in [1.807, 2.05) is 0 Å². The molecular weight excluding hydrogens is 407 g/mol. The van der Waals surface area contributed by atoms with Gasteiger partial charge in [-0.2, -0.15) is 13.2 Å². The molecule has 0 unspecified atom stereocenters. The number of aromatic nitrogens is 2. The van der Waals surface area contributed by atoms with Crippen molar-refractivity contribution in [2.24, 2.45) is 7.05 Å². The summed E-state index contributed by atoms with van der Waals surface area (Å²) in [4.78, 5) is 28.0. The number of hydrogen-bond acceptors (Lipinski definition) is 5. The van der Waals surface area contributed by atoms with E-state index in [-0.39, 0.29) is 17.8 Å². The van der Waals surface area contributed by atoms with Crippen LogP contribution in [0, 0.1) is 0 Å². The Balaban J connectivity index is 1.44. The highest BCUT2D eigenvalue weighted by Gasteiger charge is 2.30. The van der Waals surface area contributed by atoms with Crippen molar-refractivity contribution >= 4 is 44.2 Å². The van der Waals surface area contributed by atoms with Crippen LogP contribution in [0.25, 0.3) is 21.3 Å². The molecule has 2 heterocycles. The van der Waals surface area contributed by atoms with Gasteiger partial charge in [0.1, 0.15) is 0 Å². The van der Waals surface area contributed by atoms with Crippen molar-refractivity contribution in [2.75, 3.05) is 5.32 Å². The molecule has 4 aromatic rings. The monoisotopic (exact) mass is 421 g/mol. The van der Waals surface area contributed by atoms with E-state index in [1.165, 1.54) is 22.0 Å². The first-order chi connectivity index (χ1) is 13.7. The van der Waals surface area contributed by atoms with Gasteiger partial charge in [0.15, 0.2) is 5.58 Å². The molecule has 0 aliphatic rings. The molecule has 6 nitrogen and oxygen atoms in total. The second-order valence-electron chi connectivity index (χ2n) is 6.45. The topological polar surface area (TPSA) is 77.1 Å². The fourth-order valence-electron chi connectivity index (χ4n) is 2.91. The average Bonchev–Trinajstić information content (AvgIpc) is 3.20. The molecule has 1 N–H and O–H groups in total. The summed E-state index contributed by atoms with van der Waals surface area (Å²) in [6.07, 6.45) is -4.00. The molecule has 0 saturated carbocycles. The minimum absolute atomic E-state index is 0.119. The number of carbonyl (C=O) groups excluding carboxylic acids is 1. The normalized spacial score (nSPS) is 12.0. The molecule has 0 aliphatic carbocycles. The lowest BCUT2D eigenvalue weighted by molar-refractivity contribution is -0.137. The third-order valence-corrected chi connectivity index (χ3v) is 5.50. The summed E-state index contributed by atoms with van der Waals surface area (Å²) in [5.41, 5.74) is 1.01. The van der Waals surface area contributed by atoms with Crippen LogP contribution in [0.3, 0.4) is 0 Å². The van der Waals surface area contributed by atoms with Crippen molar-refractivity contribution in [3.8, 4) is 0 Å². The second-order valence-corrected chi connectivity index (χ2v) is 7.56. The summed E-state index contributed by atoms with van der Waals surface area (Å²) in [5, 5.41) is 3.32. The number of thiazole rings is 1. The van der Waals surface area contributed by atoms with E-state index >= 15 is 0 Å². The molecular formula is C19H14F3N3O3S. The van der Waals surface area contributed by atoms with Crippen LogP contribution in [-0.4, -0.2) is 15.5 Å². The van der Waals surface area contributed by atoms with Gasteiger partial charge < -0.3 is 9.73 Å². The maximum absolute atomic E-state index is 12.8. The summed E-state index contributed by atoms with van der Waals surface area (Å²) >= 11 is 1.26. The van der Waals surface area contributed by atoms with Crippen LogP contribution < -0.4 is 11.1 Å².